The maximum Gasteiger partial charge on any atom is 0.247 e. The molecule has 102 valence electrons. The van der Waals surface area contributed by atoms with Gasteiger partial charge in [-0.15, -0.1) is 10.2 Å². The van der Waals surface area contributed by atoms with Gasteiger partial charge in [-0.05, 0) is 38.1 Å². The smallest absolute Gasteiger partial charge is 0.247 e. The summed E-state index contributed by atoms with van der Waals surface area (Å²) in [7, 11) is 0. The zero-order valence-corrected chi connectivity index (χ0v) is 11.5. The summed E-state index contributed by atoms with van der Waals surface area (Å²) in [6, 6.07) is 13.9. The maximum absolute atomic E-state index is 5.65. The average molecular weight is 268 g/mol. The first-order chi connectivity index (χ1) is 9.74. The monoisotopic (exact) mass is 268 g/mol. The molecule has 0 spiro atoms. The topological polar surface area (TPSA) is 55.9 Å². The summed E-state index contributed by atoms with van der Waals surface area (Å²) >= 11 is 0. The second-order valence-electron chi connectivity index (χ2n) is 4.65. The highest BCUT2D eigenvalue weighted by Gasteiger charge is 2.08. The molecule has 2 aromatic heterocycles. The summed E-state index contributed by atoms with van der Waals surface area (Å²) in [5.41, 5.74) is 6.48. The Morgan fingerprint density at radius 2 is 1.70 bits per heavy atom. The molecule has 0 atom stereocenters. The molecular weight excluding hydrogens is 252 g/mol. The van der Waals surface area contributed by atoms with E-state index < -0.39 is 0 Å². The Labute approximate surface area is 117 Å². The van der Waals surface area contributed by atoms with Crippen molar-refractivity contribution in [2.24, 2.45) is 0 Å². The molecule has 0 aliphatic carbocycles. The van der Waals surface area contributed by atoms with E-state index in [-0.39, 0.29) is 0 Å². The standard InChI is InChI=1S/C15H16N4O/c1-11-8-9-12(2)19(11)16-10-14-17-18-15(20-14)13-6-4-3-5-7-13/h3-9,16H,10H2,1-2H3. The maximum atomic E-state index is 5.65. The van der Waals surface area contributed by atoms with Crippen LogP contribution in [-0.4, -0.2) is 14.9 Å². The van der Waals surface area contributed by atoms with Crippen LogP contribution in [0.4, 0.5) is 0 Å². The summed E-state index contributed by atoms with van der Waals surface area (Å²) in [6.45, 7) is 4.59. The molecule has 5 heteroatoms. The van der Waals surface area contributed by atoms with Gasteiger partial charge in [0.1, 0.15) is 6.54 Å². The minimum Gasteiger partial charge on any atom is -0.419 e. The summed E-state index contributed by atoms with van der Waals surface area (Å²) in [6.07, 6.45) is 0. The third-order valence-corrected chi connectivity index (χ3v) is 3.15. The van der Waals surface area contributed by atoms with Crippen molar-refractivity contribution in [3.8, 4) is 11.5 Å². The number of hydrogen-bond donors (Lipinski definition) is 1. The molecule has 0 unspecified atom stereocenters. The molecule has 0 aliphatic rings. The van der Waals surface area contributed by atoms with Gasteiger partial charge >= 0.3 is 0 Å². The Kier molecular flexibility index (Phi) is 3.25. The fraction of sp³-hybridized carbons (Fsp3) is 0.200. The predicted molar refractivity (Wildman–Crippen MR) is 76.7 cm³/mol. The van der Waals surface area contributed by atoms with E-state index in [0.29, 0.717) is 18.3 Å². The van der Waals surface area contributed by atoms with E-state index in [9.17, 15) is 0 Å². The second-order valence-corrected chi connectivity index (χ2v) is 4.65. The summed E-state index contributed by atoms with van der Waals surface area (Å²) in [5.74, 6) is 1.11. The summed E-state index contributed by atoms with van der Waals surface area (Å²) < 4.78 is 7.66. The molecule has 1 aromatic carbocycles. The van der Waals surface area contributed by atoms with Crippen molar-refractivity contribution in [3.63, 3.8) is 0 Å². The van der Waals surface area contributed by atoms with Crippen LogP contribution in [-0.2, 0) is 6.54 Å². The number of aromatic nitrogens is 3. The lowest BCUT2D eigenvalue weighted by Crippen LogP contribution is -2.17. The third-order valence-electron chi connectivity index (χ3n) is 3.15. The number of nitrogens with one attached hydrogen (secondary N) is 1. The molecule has 20 heavy (non-hydrogen) atoms. The van der Waals surface area contributed by atoms with E-state index in [2.05, 4.69) is 27.8 Å². The molecule has 0 aliphatic heterocycles. The molecular formula is C15H16N4O. The molecule has 0 saturated heterocycles. The molecule has 0 saturated carbocycles. The third kappa shape index (κ3) is 2.42. The Hall–Kier alpha value is -2.56. The highest BCUT2D eigenvalue weighted by molar-refractivity contribution is 5.51. The molecule has 3 aromatic rings. The molecule has 2 heterocycles. The lowest BCUT2D eigenvalue weighted by atomic mass is 10.2. The number of rotatable bonds is 4. The van der Waals surface area contributed by atoms with Gasteiger partial charge in [-0.1, -0.05) is 18.2 Å². The minimum atomic E-state index is 0.496. The van der Waals surface area contributed by atoms with Crippen LogP contribution in [0.2, 0.25) is 0 Å². The van der Waals surface area contributed by atoms with Crippen LogP contribution in [0.25, 0.3) is 11.5 Å². The Morgan fingerprint density at radius 1 is 1.00 bits per heavy atom. The van der Waals surface area contributed by atoms with E-state index in [4.69, 9.17) is 4.42 Å². The average Bonchev–Trinajstić information content (AvgIpc) is 3.06. The fourth-order valence-corrected chi connectivity index (χ4v) is 2.09. The van der Waals surface area contributed by atoms with Gasteiger partial charge in [0.25, 0.3) is 0 Å². The van der Waals surface area contributed by atoms with Crippen molar-refractivity contribution in [2.75, 3.05) is 5.43 Å². The van der Waals surface area contributed by atoms with Crippen LogP contribution < -0.4 is 5.43 Å². The largest absolute Gasteiger partial charge is 0.419 e. The van der Waals surface area contributed by atoms with Gasteiger partial charge in [-0.25, -0.2) is 0 Å². The minimum absolute atomic E-state index is 0.496. The van der Waals surface area contributed by atoms with Gasteiger partial charge in [0.2, 0.25) is 11.8 Å². The molecule has 5 nitrogen and oxygen atoms in total. The highest BCUT2D eigenvalue weighted by Crippen LogP contribution is 2.17. The summed E-state index contributed by atoms with van der Waals surface area (Å²) in [4.78, 5) is 0. The molecule has 0 radical (unpaired) electrons. The highest BCUT2D eigenvalue weighted by atomic mass is 16.4. The number of aryl methyl sites for hydroxylation is 2. The van der Waals surface area contributed by atoms with Crippen LogP contribution in [0.5, 0.6) is 0 Å². The second kappa shape index (κ2) is 5.21. The van der Waals surface area contributed by atoms with E-state index in [0.717, 1.165) is 17.0 Å². The SMILES string of the molecule is Cc1ccc(C)n1NCc1nnc(-c2ccccc2)o1. The number of nitrogens with zero attached hydrogens (tertiary/aromatic N) is 3. The molecule has 0 fully saturated rings. The first-order valence-corrected chi connectivity index (χ1v) is 6.50. The molecule has 1 N–H and O–H groups in total. The van der Waals surface area contributed by atoms with Crippen LogP contribution >= 0.6 is 0 Å². The van der Waals surface area contributed by atoms with Crippen molar-refractivity contribution in [2.45, 2.75) is 20.4 Å². The molecule has 0 bridgehead atoms. The first-order valence-electron chi connectivity index (χ1n) is 6.50. The van der Waals surface area contributed by atoms with Gasteiger partial charge in [0.15, 0.2) is 0 Å². The summed E-state index contributed by atoms with van der Waals surface area (Å²) in [5, 5.41) is 8.12. The Balaban J connectivity index is 1.72. The van der Waals surface area contributed by atoms with Gasteiger partial charge in [-0.2, -0.15) is 0 Å². The normalized spacial score (nSPS) is 10.7. The van der Waals surface area contributed by atoms with Gasteiger partial charge < -0.3 is 9.84 Å². The lowest BCUT2D eigenvalue weighted by Gasteiger charge is -2.10. The van der Waals surface area contributed by atoms with E-state index in [1.165, 1.54) is 0 Å². The van der Waals surface area contributed by atoms with Crippen LogP contribution in [0.1, 0.15) is 17.3 Å². The van der Waals surface area contributed by atoms with Crippen molar-refractivity contribution in [3.05, 3.63) is 59.7 Å². The zero-order valence-electron chi connectivity index (χ0n) is 11.5. The Bertz CT molecular complexity index is 680. The number of benzene rings is 1. The van der Waals surface area contributed by atoms with Gasteiger partial charge in [0.05, 0.1) is 0 Å². The fourth-order valence-electron chi connectivity index (χ4n) is 2.09. The van der Waals surface area contributed by atoms with Crippen LogP contribution in [0.3, 0.4) is 0 Å². The predicted octanol–water partition coefficient (Wildman–Crippen LogP) is 2.90. The first kappa shape index (κ1) is 12.5. The van der Waals surface area contributed by atoms with Crippen LogP contribution in [0.15, 0.2) is 46.9 Å². The Morgan fingerprint density at radius 3 is 2.40 bits per heavy atom. The van der Waals surface area contributed by atoms with Crippen molar-refractivity contribution in [1.82, 2.24) is 14.9 Å². The van der Waals surface area contributed by atoms with Crippen molar-refractivity contribution < 1.29 is 4.42 Å². The quantitative estimate of drug-likeness (QED) is 0.790. The van der Waals surface area contributed by atoms with E-state index in [1.54, 1.807) is 0 Å². The molecule has 3 rings (SSSR count). The van der Waals surface area contributed by atoms with E-state index in [1.807, 2.05) is 48.9 Å². The number of hydrogen-bond acceptors (Lipinski definition) is 4. The molecule has 0 amide bonds. The van der Waals surface area contributed by atoms with Crippen molar-refractivity contribution >= 4 is 0 Å². The van der Waals surface area contributed by atoms with E-state index >= 15 is 0 Å². The van der Waals surface area contributed by atoms with Crippen molar-refractivity contribution in [1.29, 1.82) is 0 Å². The van der Waals surface area contributed by atoms with Crippen LogP contribution in [0, 0.1) is 13.8 Å². The van der Waals surface area contributed by atoms with Gasteiger partial charge in [0, 0.05) is 17.0 Å². The lowest BCUT2D eigenvalue weighted by molar-refractivity contribution is 0.505. The van der Waals surface area contributed by atoms with Gasteiger partial charge in [-0.3, -0.25) is 4.68 Å². The zero-order chi connectivity index (χ0) is 13.9.